The molecule has 0 bridgehead atoms. The molecule has 1 amide bonds. The normalized spacial score (nSPS) is 13.7. The number of carbonyl (C=O) groups excluding carboxylic acids is 1. The Kier molecular flexibility index (Phi) is 5.24. The number of nitrogens with zero attached hydrogens (tertiary/aromatic N) is 4. The minimum Gasteiger partial charge on any atom is -0.342 e. The van der Waals surface area contributed by atoms with Crippen LogP contribution >= 0.6 is 0 Å². The first-order valence-corrected chi connectivity index (χ1v) is 10.9. The number of rotatable bonds is 5. The number of hydrogen-bond acceptors (Lipinski definition) is 4. The summed E-state index contributed by atoms with van der Waals surface area (Å²) >= 11 is 0. The molecule has 3 heterocycles. The van der Waals surface area contributed by atoms with Gasteiger partial charge in [-0.05, 0) is 43.5 Å². The molecule has 0 spiro atoms. The van der Waals surface area contributed by atoms with Gasteiger partial charge >= 0.3 is 0 Å². The number of imidazole rings is 1. The SMILES string of the molecule is Cc1ccc(-c2nnc3n2CCCCC3)cc1NC(=O)CCc1nc2ccccc2[nH]1. The van der Waals surface area contributed by atoms with E-state index in [9.17, 15) is 4.79 Å². The predicted molar refractivity (Wildman–Crippen MR) is 121 cm³/mol. The largest absolute Gasteiger partial charge is 0.342 e. The predicted octanol–water partition coefficient (Wildman–Crippen LogP) is 4.43. The number of aromatic amines is 1. The van der Waals surface area contributed by atoms with Gasteiger partial charge in [-0.1, -0.05) is 30.7 Å². The number of nitrogens with one attached hydrogen (secondary N) is 2. The Balaban J connectivity index is 1.30. The summed E-state index contributed by atoms with van der Waals surface area (Å²) in [5, 5.41) is 11.9. The van der Waals surface area contributed by atoms with Crippen LogP contribution in [0, 0.1) is 6.92 Å². The summed E-state index contributed by atoms with van der Waals surface area (Å²) in [6, 6.07) is 14.0. The maximum Gasteiger partial charge on any atom is 0.224 e. The molecular formula is C24H26N6O. The van der Waals surface area contributed by atoms with Gasteiger partial charge in [0, 0.05) is 37.1 Å². The van der Waals surface area contributed by atoms with Crippen LogP contribution in [0.15, 0.2) is 42.5 Å². The van der Waals surface area contributed by atoms with E-state index in [2.05, 4.69) is 36.1 Å². The highest BCUT2D eigenvalue weighted by atomic mass is 16.1. The van der Waals surface area contributed by atoms with Crippen molar-refractivity contribution in [3.05, 3.63) is 59.7 Å². The van der Waals surface area contributed by atoms with Crippen LogP contribution in [0.1, 0.15) is 42.9 Å². The third kappa shape index (κ3) is 4.08. The number of hydrogen-bond donors (Lipinski definition) is 2. The average Bonchev–Trinajstić information content (AvgIpc) is 3.30. The van der Waals surface area contributed by atoms with Gasteiger partial charge in [0.05, 0.1) is 11.0 Å². The van der Waals surface area contributed by atoms with Crippen LogP contribution < -0.4 is 5.32 Å². The van der Waals surface area contributed by atoms with Crippen LogP contribution in [-0.2, 0) is 24.2 Å². The molecule has 4 aromatic rings. The van der Waals surface area contributed by atoms with E-state index in [4.69, 9.17) is 0 Å². The van der Waals surface area contributed by atoms with Crippen LogP contribution in [0.2, 0.25) is 0 Å². The molecule has 0 unspecified atom stereocenters. The molecule has 158 valence electrons. The molecule has 0 saturated carbocycles. The summed E-state index contributed by atoms with van der Waals surface area (Å²) in [7, 11) is 0. The number of H-pyrrole nitrogens is 1. The second kappa shape index (κ2) is 8.34. The molecule has 1 aliphatic heterocycles. The molecule has 0 atom stereocenters. The number of para-hydroxylation sites is 2. The molecule has 7 heteroatoms. The van der Waals surface area contributed by atoms with E-state index in [-0.39, 0.29) is 5.91 Å². The molecule has 5 rings (SSSR count). The Labute approximate surface area is 180 Å². The molecule has 2 aromatic carbocycles. The van der Waals surface area contributed by atoms with E-state index >= 15 is 0 Å². The summed E-state index contributed by atoms with van der Waals surface area (Å²) in [4.78, 5) is 20.5. The topological polar surface area (TPSA) is 88.5 Å². The fourth-order valence-electron chi connectivity index (χ4n) is 4.16. The third-order valence-corrected chi connectivity index (χ3v) is 5.91. The molecule has 2 N–H and O–H groups in total. The monoisotopic (exact) mass is 414 g/mol. The summed E-state index contributed by atoms with van der Waals surface area (Å²) in [5.41, 5.74) is 4.75. The first-order valence-electron chi connectivity index (χ1n) is 10.9. The lowest BCUT2D eigenvalue weighted by Gasteiger charge is -2.12. The summed E-state index contributed by atoms with van der Waals surface area (Å²) in [6.45, 7) is 2.95. The number of carbonyl (C=O) groups is 1. The smallest absolute Gasteiger partial charge is 0.224 e. The molecular weight excluding hydrogens is 388 g/mol. The van der Waals surface area contributed by atoms with Crippen molar-refractivity contribution in [2.45, 2.75) is 52.0 Å². The Bertz CT molecular complexity index is 1210. The second-order valence-electron chi connectivity index (χ2n) is 8.18. The Morgan fingerprint density at radius 1 is 1.13 bits per heavy atom. The van der Waals surface area contributed by atoms with Crippen molar-refractivity contribution in [2.75, 3.05) is 5.32 Å². The van der Waals surface area contributed by atoms with Gasteiger partial charge in [0.25, 0.3) is 0 Å². The number of aromatic nitrogens is 5. The summed E-state index contributed by atoms with van der Waals surface area (Å²) < 4.78 is 2.23. The van der Waals surface area contributed by atoms with Crippen LogP contribution in [0.4, 0.5) is 5.69 Å². The van der Waals surface area contributed by atoms with Gasteiger partial charge in [-0.3, -0.25) is 4.79 Å². The van der Waals surface area contributed by atoms with E-state index in [0.29, 0.717) is 12.8 Å². The van der Waals surface area contributed by atoms with E-state index in [1.165, 1.54) is 12.8 Å². The van der Waals surface area contributed by atoms with Crippen molar-refractivity contribution < 1.29 is 4.79 Å². The van der Waals surface area contributed by atoms with Crippen molar-refractivity contribution in [2.24, 2.45) is 0 Å². The zero-order chi connectivity index (χ0) is 21.2. The van der Waals surface area contributed by atoms with Crippen LogP contribution in [0.3, 0.4) is 0 Å². The number of amides is 1. The molecule has 2 aromatic heterocycles. The van der Waals surface area contributed by atoms with Crippen LogP contribution in [0.5, 0.6) is 0 Å². The zero-order valence-electron chi connectivity index (χ0n) is 17.7. The highest BCUT2D eigenvalue weighted by molar-refractivity contribution is 5.92. The molecule has 7 nitrogen and oxygen atoms in total. The maximum atomic E-state index is 12.6. The number of benzene rings is 2. The minimum absolute atomic E-state index is 0.0271. The van der Waals surface area contributed by atoms with Crippen molar-refractivity contribution in [1.82, 2.24) is 24.7 Å². The van der Waals surface area contributed by atoms with E-state index in [0.717, 1.165) is 64.7 Å². The summed E-state index contributed by atoms with van der Waals surface area (Å²) in [5.74, 6) is 2.74. The molecule has 0 fully saturated rings. The average molecular weight is 415 g/mol. The van der Waals surface area contributed by atoms with Crippen molar-refractivity contribution in [3.63, 3.8) is 0 Å². The highest BCUT2D eigenvalue weighted by Crippen LogP contribution is 2.27. The van der Waals surface area contributed by atoms with E-state index < -0.39 is 0 Å². The lowest BCUT2D eigenvalue weighted by molar-refractivity contribution is -0.116. The Morgan fingerprint density at radius 3 is 2.94 bits per heavy atom. The van der Waals surface area contributed by atoms with E-state index in [1.54, 1.807) is 0 Å². The quantitative estimate of drug-likeness (QED) is 0.506. The Hall–Kier alpha value is -3.48. The fourth-order valence-corrected chi connectivity index (χ4v) is 4.16. The number of anilines is 1. The van der Waals surface area contributed by atoms with Gasteiger partial charge in [-0.2, -0.15) is 0 Å². The lowest BCUT2D eigenvalue weighted by Crippen LogP contribution is -2.13. The van der Waals surface area contributed by atoms with Crippen LogP contribution in [0.25, 0.3) is 22.4 Å². The van der Waals surface area contributed by atoms with Gasteiger partial charge in [0.15, 0.2) is 5.82 Å². The highest BCUT2D eigenvalue weighted by Gasteiger charge is 2.17. The summed E-state index contributed by atoms with van der Waals surface area (Å²) in [6.07, 6.45) is 5.45. The number of fused-ring (bicyclic) bond motifs is 2. The maximum absolute atomic E-state index is 12.6. The standard InChI is InChI=1S/C24H26N6O/c1-16-10-11-17(24-29-28-22-9-3-2-6-14-30(22)24)15-20(16)27-23(31)13-12-21-25-18-7-4-5-8-19(18)26-21/h4-5,7-8,10-11,15H,2-3,6,9,12-14H2,1H3,(H,25,26)(H,27,31). The first kappa shape index (κ1) is 19.5. The van der Waals surface area contributed by atoms with Gasteiger partial charge in [0.1, 0.15) is 11.6 Å². The second-order valence-corrected chi connectivity index (χ2v) is 8.18. The van der Waals surface area contributed by atoms with Gasteiger partial charge in [-0.15, -0.1) is 10.2 Å². The van der Waals surface area contributed by atoms with E-state index in [1.807, 2.05) is 43.3 Å². The lowest BCUT2D eigenvalue weighted by atomic mass is 10.1. The zero-order valence-corrected chi connectivity index (χ0v) is 17.7. The molecule has 0 saturated heterocycles. The fraction of sp³-hybridized carbons (Fsp3) is 0.333. The molecule has 1 aliphatic rings. The van der Waals surface area contributed by atoms with Crippen molar-refractivity contribution in [3.8, 4) is 11.4 Å². The third-order valence-electron chi connectivity index (χ3n) is 5.91. The minimum atomic E-state index is -0.0271. The molecule has 0 aliphatic carbocycles. The van der Waals surface area contributed by atoms with Gasteiger partial charge < -0.3 is 14.9 Å². The Morgan fingerprint density at radius 2 is 2.03 bits per heavy atom. The van der Waals surface area contributed by atoms with Gasteiger partial charge in [0.2, 0.25) is 5.91 Å². The molecule has 0 radical (unpaired) electrons. The van der Waals surface area contributed by atoms with Crippen molar-refractivity contribution in [1.29, 1.82) is 0 Å². The molecule has 31 heavy (non-hydrogen) atoms. The first-order chi connectivity index (χ1) is 15.2. The van der Waals surface area contributed by atoms with Crippen molar-refractivity contribution >= 4 is 22.6 Å². The van der Waals surface area contributed by atoms with Gasteiger partial charge in [-0.25, -0.2) is 4.98 Å². The number of aryl methyl sites for hydroxylation is 3. The van der Waals surface area contributed by atoms with Crippen LogP contribution in [-0.4, -0.2) is 30.6 Å².